The molecule has 0 radical (unpaired) electrons. The molecule has 0 heterocycles. The molecular weight excluding hydrogens is 140 g/mol. The zero-order valence-corrected chi connectivity index (χ0v) is 7.79. The summed E-state index contributed by atoms with van der Waals surface area (Å²) >= 11 is 0. The van der Waals surface area contributed by atoms with Crippen molar-refractivity contribution in [3.8, 4) is 0 Å². The van der Waals surface area contributed by atoms with Crippen LogP contribution in [0.1, 0.15) is 27.7 Å². The van der Waals surface area contributed by atoms with Gasteiger partial charge in [0.1, 0.15) is 0 Å². The molecule has 0 aromatic carbocycles. The molecule has 2 nitrogen and oxygen atoms in total. The highest BCUT2D eigenvalue weighted by atomic mass is 16.5. The molecule has 11 heavy (non-hydrogen) atoms. The Hall–Kier alpha value is -0.500. The zero-order chi connectivity index (χ0) is 8.91. The van der Waals surface area contributed by atoms with Crippen LogP contribution < -0.4 is 0 Å². The van der Waals surface area contributed by atoms with E-state index in [0.29, 0.717) is 6.61 Å². The second-order valence-corrected chi connectivity index (χ2v) is 3.59. The van der Waals surface area contributed by atoms with Gasteiger partial charge in [-0.05, 0) is 18.4 Å². The number of rotatable bonds is 3. The summed E-state index contributed by atoms with van der Waals surface area (Å²) in [5.41, 5.74) is -0.104. The smallest absolute Gasteiger partial charge is 0.0845 e. The average molecular weight is 158 g/mol. The maximum atomic E-state index is 9.45. The molecule has 0 fully saturated rings. The zero-order valence-electron chi connectivity index (χ0n) is 7.79. The van der Waals surface area contributed by atoms with E-state index in [9.17, 15) is 5.11 Å². The fourth-order valence-corrected chi connectivity index (χ4v) is 0.515. The number of aliphatic hydroxyl groups excluding tert-OH is 1. The quantitative estimate of drug-likeness (QED) is 0.636. The van der Waals surface area contributed by atoms with Gasteiger partial charge in [-0.15, -0.1) is 0 Å². The first kappa shape index (κ1) is 10.5. The number of hydrogen-bond acceptors (Lipinski definition) is 2. The van der Waals surface area contributed by atoms with E-state index in [1.165, 1.54) is 0 Å². The highest BCUT2D eigenvalue weighted by Crippen LogP contribution is 2.19. The lowest BCUT2D eigenvalue weighted by atomic mass is 9.89. The SMILES string of the molecule is CCO/C=C/[C@H](O)C(C)(C)C. The van der Waals surface area contributed by atoms with Crippen molar-refractivity contribution in [3.63, 3.8) is 0 Å². The maximum Gasteiger partial charge on any atom is 0.0845 e. The summed E-state index contributed by atoms with van der Waals surface area (Å²) in [6, 6.07) is 0. The Morgan fingerprint density at radius 2 is 2.00 bits per heavy atom. The van der Waals surface area contributed by atoms with Crippen LogP contribution in [-0.4, -0.2) is 17.8 Å². The number of ether oxygens (including phenoxy) is 1. The second-order valence-electron chi connectivity index (χ2n) is 3.59. The largest absolute Gasteiger partial charge is 0.502 e. The standard InChI is InChI=1S/C9H18O2/c1-5-11-7-6-8(10)9(2,3)4/h6-8,10H,5H2,1-4H3/b7-6+/t8-/m0/s1. The van der Waals surface area contributed by atoms with Crippen molar-refractivity contribution in [2.45, 2.75) is 33.8 Å². The van der Waals surface area contributed by atoms with Crippen molar-refractivity contribution in [3.05, 3.63) is 12.3 Å². The van der Waals surface area contributed by atoms with Crippen LogP contribution in [0.25, 0.3) is 0 Å². The Labute approximate surface area is 68.9 Å². The molecule has 0 aliphatic heterocycles. The van der Waals surface area contributed by atoms with Gasteiger partial charge in [-0.2, -0.15) is 0 Å². The molecule has 0 aromatic heterocycles. The van der Waals surface area contributed by atoms with Crippen LogP contribution in [-0.2, 0) is 4.74 Å². The van der Waals surface area contributed by atoms with Gasteiger partial charge in [-0.25, -0.2) is 0 Å². The summed E-state index contributed by atoms with van der Waals surface area (Å²) in [5.74, 6) is 0. The minimum atomic E-state index is -0.436. The van der Waals surface area contributed by atoms with E-state index in [-0.39, 0.29) is 5.41 Å². The molecule has 0 spiro atoms. The third-order valence-electron chi connectivity index (χ3n) is 1.41. The van der Waals surface area contributed by atoms with Crippen LogP contribution in [0.3, 0.4) is 0 Å². The Morgan fingerprint density at radius 1 is 1.45 bits per heavy atom. The lowest BCUT2D eigenvalue weighted by Gasteiger charge is -2.22. The van der Waals surface area contributed by atoms with Gasteiger partial charge >= 0.3 is 0 Å². The monoisotopic (exact) mass is 158 g/mol. The minimum absolute atomic E-state index is 0.104. The normalized spacial score (nSPS) is 15.4. The number of hydrogen-bond donors (Lipinski definition) is 1. The van der Waals surface area contributed by atoms with Crippen molar-refractivity contribution >= 4 is 0 Å². The van der Waals surface area contributed by atoms with E-state index in [0.717, 1.165) is 0 Å². The summed E-state index contributed by atoms with van der Waals surface area (Å²) in [7, 11) is 0. The molecule has 0 aliphatic carbocycles. The predicted molar refractivity (Wildman–Crippen MR) is 46.2 cm³/mol. The molecule has 0 unspecified atom stereocenters. The molecule has 0 rings (SSSR count). The Balaban J connectivity index is 3.77. The highest BCUT2D eigenvalue weighted by Gasteiger charge is 2.18. The van der Waals surface area contributed by atoms with Gasteiger partial charge in [-0.3, -0.25) is 0 Å². The van der Waals surface area contributed by atoms with Gasteiger partial charge in [0.25, 0.3) is 0 Å². The first-order chi connectivity index (χ1) is 4.98. The molecule has 0 saturated heterocycles. The first-order valence-corrected chi connectivity index (χ1v) is 3.95. The third kappa shape index (κ3) is 4.85. The topological polar surface area (TPSA) is 29.5 Å². The molecule has 0 aromatic rings. The molecule has 2 heteroatoms. The van der Waals surface area contributed by atoms with Crippen molar-refractivity contribution < 1.29 is 9.84 Å². The molecule has 0 amide bonds. The fraction of sp³-hybridized carbons (Fsp3) is 0.778. The second kappa shape index (κ2) is 4.39. The van der Waals surface area contributed by atoms with Gasteiger partial charge in [0.05, 0.1) is 19.0 Å². The van der Waals surface area contributed by atoms with Crippen molar-refractivity contribution in [2.75, 3.05) is 6.61 Å². The molecule has 1 N–H and O–H groups in total. The lowest BCUT2D eigenvalue weighted by Crippen LogP contribution is -2.23. The van der Waals surface area contributed by atoms with Gasteiger partial charge in [0, 0.05) is 0 Å². The van der Waals surface area contributed by atoms with Gasteiger partial charge in [0.15, 0.2) is 0 Å². The molecule has 0 bridgehead atoms. The van der Waals surface area contributed by atoms with Gasteiger partial charge in [-0.1, -0.05) is 20.8 Å². The van der Waals surface area contributed by atoms with Crippen molar-refractivity contribution in [2.24, 2.45) is 5.41 Å². The minimum Gasteiger partial charge on any atom is -0.502 e. The molecule has 0 saturated carbocycles. The summed E-state index contributed by atoms with van der Waals surface area (Å²) in [4.78, 5) is 0. The predicted octanol–water partition coefficient (Wildman–Crippen LogP) is 1.94. The highest BCUT2D eigenvalue weighted by molar-refractivity contribution is 4.90. The molecular formula is C9H18O2. The van der Waals surface area contributed by atoms with Crippen LogP contribution in [0, 0.1) is 5.41 Å². The maximum absolute atomic E-state index is 9.45. The van der Waals surface area contributed by atoms with E-state index < -0.39 is 6.10 Å². The summed E-state index contributed by atoms with van der Waals surface area (Å²) in [5, 5.41) is 9.45. The first-order valence-electron chi connectivity index (χ1n) is 3.95. The summed E-state index contributed by atoms with van der Waals surface area (Å²) in [6.07, 6.45) is 2.79. The third-order valence-corrected chi connectivity index (χ3v) is 1.41. The van der Waals surface area contributed by atoms with E-state index in [4.69, 9.17) is 4.74 Å². The Bertz CT molecular complexity index is 122. The summed E-state index contributed by atoms with van der Waals surface area (Å²) < 4.78 is 4.96. The van der Waals surface area contributed by atoms with Crippen LogP contribution in [0.5, 0.6) is 0 Å². The van der Waals surface area contributed by atoms with Gasteiger partial charge < -0.3 is 9.84 Å². The van der Waals surface area contributed by atoms with E-state index >= 15 is 0 Å². The van der Waals surface area contributed by atoms with Crippen molar-refractivity contribution in [1.82, 2.24) is 0 Å². The summed E-state index contributed by atoms with van der Waals surface area (Å²) in [6.45, 7) is 8.50. The van der Waals surface area contributed by atoms with Crippen LogP contribution in [0.4, 0.5) is 0 Å². The van der Waals surface area contributed by atoms with Crippen LogP contribution in [0.15, 0.2) is 12.3 Å². The molecule has 1 atom stereocenters. The lowest BCUT2D eigenvalue weighted by molar-refractivity contribution is 0.102. The molecule has 66 valence electrons. The average Bonchev–Trinajstić information content (AvgIpc) is 1.86. The number of aliphatic hydroxyl groups is 1. The van der Waals surface area contributed by atoms with E-state index in [1.807, 2.05) is 27.7 Å². The Kier molecular flexibility index (Phi) is 4.19. The van der Waals surface area contributed by atoms with E-state index in [2.05, 4.69) is 0 Å². The fourth-order valence-electron chi connectivity index (χ4n) is 0.515. The van der Waals surface area contributed by atoms with Crippen LogP contribution in [0.2, 0.25) is 0 Å². The van der Waals surface area contributed by atoms with Crippen LogP contribution >= 0.6 is 0 Å². The van der Waals surface area contributed by atoms with Gasteiger partial charge in [0.2, 0.25) is 0 Å². The Morgan fingerprint density at radius 3 is 2.36 bits per heavy atom. The molecule has 0 aliphatic rings. The van der Waals surface area contributed by atoms with E-state index in [1.54, 1.807) is 12.3 Å². The van der Waals surface area contributed by atoms with Crippen molar-refractivity contribution in [1.29, 1.82) is 0 Å².